The highest BCUT2D eigenvalue weighted by molar-refractivity contribution is 6.06. The van der Waals surface area contributed by atoms with E-state index < -0.39 is 6.09 Å². The van der Waals surface area contributed by atoms with E-state index in [4.69, 9.17) is 10.5 Å². The number of carbonyl (C=O) groups excluding carboxylic acids is 4. The van der Waals surface area contributed by atoms with Crippen molar-refractivity contribution in [3.63, 3.8) is 0 Å². The summed E-state index contributed by atoms with van der Waals surface area (Å²) in [5.41, 5.74) is 10.5. The van der Waals surface area contributed by atoms with E-state index in [0.717, 1.165) is 24.0 Å². The summed E-state index contributed by atoms with van der Waals surface area (Å²) in [7, 11) is 0. The summed E-state index contributed by atoms with van der Waals surface area (Å²) in [5, 5.41) is 5.37. The van der Waals surface area contributed by atoms with Gasteiger partial charge in [-0.15, -0.1) is 0 Å². The number of nitrogens with one attached hydrogen (secondary N) is 2. The molecule has 0 aromatic heterocycles. The van der Waals surface area contributed by atoms with Gasteiger partial charge in [0.05, 0.1) is 5.69 Å². The monoisotopic (exact) mass is 623 g/mol. The number of hydrogen-bond acceptors (Lipinski definition) is 7. The molecule has 0 fully saturated rings. The van der Waals surface area contributed by atoms with Crippen LogP contribution in [0.1, 0.15) is 70.5 Å². The van der Waals surface area contributed by atoms with Crippen LogP contribution in [-0.4, -0.2) is 60.6 Å². The Bertz CT molecular complexity index is 1610. The van der Waals surface area contributed by atoms with Crippen molar-refractivity contribution in [2.24, 2.45) is 10.7 Å². The van der Waals surface area contributed by atoms with Gasteiger partial charge in [-0.25, -0.2) is 9.79 Å². The first-order chi connectivity index (χ1) is 22.3. The summed E-state index contributed by atoms with van der Waals surface area (Å²) < 4.78 is 5.16. The average molecular weight is 624 g/mol. The molecule has 0 aliphatic carbocycles. The molecule has 4 N–H and O–H groups in total. The molecule has 0 bridgehead atoms. The summed E-state index contributed by atoms with van der Waals surface area (Å²) >= 11 is 0. The lowest BCUT2D eigenvalue weighted by atomic mass is 9.98. The van der Waals surface area contributed by atoms with Gasteiger partial charge < -0.3 is 26.0 Å². The van der Waals surface area contributed by atoms with Crippen molar-refractivity contribution < 1.29 is 23.9 Å². The Labute approximate surface area is 269 Å². The molecule has 0 saturated carbocycles. The van der Waals surface area contributed by atoms with Crippen molar-refractivity contribution in [1.82, 2.24) is 15.5 Å². The van der Waals surface area contributed by atoms with Gasteiger partial charge in [0.15, 0.2) is 5.78 Å². The number of ether oxygens (including phenoxy) is 1. The Kier molecular flexibility index (Phi) is 12.2. The predicted molar refractivity (Wildman–Crippen MR) is 179 cm³/mol. The van der Waals surface area contributed by atoms with Crippen molar-refractivity contribution >= 4 is 41.3 Å². The molecule has 3 aromatic rings. The van der Waals surface area contributed by atoms with Crippen molar-refractivity contribution in [1.29, 1.82) is 0 Å². The molecule has 46 heavy (non-hydrogen) atoms. The molecule has 0 unspecified atom stereocenters. The number of Topliss-reactive ketones (excluding diaryl/α,β-unsaturated/α-hetero) is 1. The zero-order chi connectivity index (χ0) is 32.9. The second-order valence-corrected chi connectivity index (χ2v) is 11.1. The number of amides is 3. The Hall–Kier alpha value is -5.25. The molecular weight excluding hydrogens is 582 g/mol. The van der Waals surface area contributed by atoms with Crippen LogP contribution in [-0.2, 0) is 22.6 Å². The first-order valence-corrected chi connectivity index (χ1v) is 15.6. The van der Waals surface area contributed by atoms with Gasteiger partial charge in [-0.2, -0.15) is 0 Å². The number of fused-ring (bicyclic) bond motifs is 1. The van der Waals surface area contributed by atoms with Gasteiger partial charge in [-0.05, 0) is 48.2 Å². The smallest absolute Gasteiger partial charge is 0.407 e. The van der Waals surface area contributed by atoms with Crippen LogP contribution in [0.5, 0.6) is 0 Å². The number of nitrogens with zero attached hydrogens (tertiary/aromatic N) is 2. The minimum absolute atomic E-state index is 0.0450. The van der Waals surface area contributed by atoms with Crippen LogP contribution in [0.4, 0.5) is 10.5 Å². The van der Waals surface area contributed by atoms with Crippen molar-refractivity contribution in [3.05, 3.63) is 106 Å². The van der Waals surface area contributed by atoms with Gasteiger partial charge >= 0.3 is 6.09 Å². The van der Waals surface area contributed by atoms with Gasteiger partial charge in [0, 0.05) is 61.3 Å². The Balaban J connectivity index is 1.33. The highest BCUT2D eigenvalue weighted by Gasteiger charge is 2.21. The van der Waals surface area contributed by atoms with Gasteiger partial charge in [-0.1, -0.05) is 68.4 Å². The van der Waals surface area contributed by atoms with E-state index in [-0.39, 0.29) is 50.1 Å². The van der Waals surface area contributed by atoms with Crippen molar-refractivity contribution in [3.8, 4) is 0 Å². The van der Waals surface area contributed by atoms with Crippen LogP contribution in [0, 0.1) is 0 Å². The normalized spacial score (nSPS) is 12.1. The standard InChI is InChI=1S/C36H41N5O5/c1-3-17-41(18-4-2)35(44)30-21-27-13-14-28(22-31(27)40-33(37)23-30)32(42)20-26-11-8-12-29(19-26)34(43)38-15-16-39-36(45)46-24-25-9-6-5-7-10-25/h5-14,19,21-22H,3-4,15-18,20,23-24H2,1-2H3,(H2,37,40)(H,38,43)(H,39,45). The number of alkyl carbamates (subject to hydrolysis) is 1. The predicted octanol–water partition coefficient (Wildman–Crippen LogP) is 5.19. The average Bonchev–Trinajstić information content (AvgIpc) is 3.23. The topological polar surface area (TPSA) is 143 Å². The zero-order valence-corrected chi connectivity index (χ0v) is 26.4. The molecule has 3 amide bonds. The van der Waals surface area contributed by atoms with Gasteiger partial charge in [0.25, 0.3) is 5.91 Å². The molecule has 10 heteroatoms. The van der Waals surface area contributed by atoms with E-state index in [1.54, 1.807) is 42.5 Å². The maximum absolute atomic E-state index is 13.3. The fourth-order valence-corrected chi connectivity index (χ4v) is 5.09. The van der Waals surface area contributed by atoms with Gasteiger partial charge in [-0.3, -0.25) is 14.4 Å². The fourth-order valence-electron chi connectivity index (χ4n) is 5.09. The minimum atomic E-state index is -0.569. The molecular formula is C36H41N5O5. The van der Waals surface area contributed by atoms with Crippen LogP contribution in [0.2, 0.25) is 0 Å². The summed E-state index contributed by atoms with van der Waals surface area (Å²) in [6, 6.07) is 21.4. The molecule has 0 saturated heterocycles. The first-order valence-electron chi connectivity index (χ1n) is 15.6. The second kappa shape index (κ2) is 16.7. The molecule has 10 nitrogen and oxygen atoms in total. The van der Waals surface area contributed by atoms with Crippen LogP contribution in [0.25, 0.3) is 6.08 Å². The molecule has 0 radical (unpaired) electrons. The number of hydrogen-bond donors (Lipinski definition) is 3. The Morgan fingerprint density at radius 2 is 1.57 bits per heavy atom. The quantitative estimate of drug-likeness (QED) is 0.167. The number of nitrogens with two attached hydrogens (primary N) is 1. The summed E-state index contributed by atoms with van der Waals surface area (Å²) in [4.78, 5) is 57.5. The van der Waals surface area contributed by atoms with E-state index in [2.05, 4.69) is 15.6 Å². The van der Waals surface area contributed by atoms with Gasteiger partial charge in [0.1, 0.15) is 12.4 Å². The number of amidine groups is 1. The third kappa shape index (κ3) is 9.62. The number of aliphatic imine (C=N–C) groups is 1. The lowest BCUT2D eigenvalue weighted by molar-refractivity contribution is -0.127. The number of carbonyl (C=O) groups is 4. The zero-order valence-electron chi connectivity index (χ0n) is 26.4. The van der Waals surface area contributed by atoms with E-state index in [9.17, 15) is 19.2 Å². The highest BCUT2D eigenvalue weighted by atomic mass is 16.5. The van der Waals surface area contributed by atoms with Crippen LogP contribution in [0.3, 0.4) is 0 Å². The summed E-state index contributed by atoms with van der Waals surface area (Å²) in [5.74, 6) is -0.198. The van der Waals surface area contributed by atoms with E-state index in [1.807, 2.05) is 55.2 Å². The molecule has 240 valence electrons. The summed E-state index contributed by atoms with van der Waals surface area (Å²) in [6.45, 7) is 6.00. The molecule has 0 spiro atoms. The number of benzene rings is 3. The molecule has 1 aliphatic rings. The molecule has 1 heterocycles. The fraction of sp³-hybridized carbons (Fsp3) is 0.306. The van der Waals surface area contributed by atoms with Crippen molar-refractivity contribution in [2.75, 3.05) is 26.2 Å². The second-order valence-electron chi connectivity index (χ2n) is 11.1. The van der Waals surface area contributed by atoms with Gasteiger partial charge in [0.2, 0.25) is 5.91 Å². The van der Waals surface area contributed by atoms with Crippen LogP contribution < -0.4 is 16.4 Å². The SMILES string of the molecule is CCCN(CCC)C(=O)C1=Cc2ccc(C(=O)Cc3cccc(C(=O)NCCNC(=O)OCc4ccccc4)c3)cc2N=C(N)C1. The van der Waals surface area contributed by atoms with Crippen LogP contribution in [0.15, 0.2) is 83.4 Å². The third-order valence-electron chi connectivity index (χ3n) is 7.31. The van der Waals surface area contributed by atoms with E-state index in [0.29, 0.717) is 46.9 Å². The molecule has 4 rings (SSSR count). The highest BCUT2D eigenvalue weighted by Crippen LogP contribution is 2.29. The summed E-state index contributed by atoms with van der Waals surface area (Å²) in [6.07, 6.45) is 3.30. The van der Waals surface area contributed by atoms with E-state index >= 15 is 0 Å². The minimum Gasteiger partial charge on any atom is -0.445 e. The molecule has 1 aliphatic heterocycles. The van der Waals surface area contributed by atoms with E-state index in [1.165, 1.54) is 0 Å². The molecule has 3 aromatic carbocycles. The maximum Gasteiger partial charge on any atom is 0.407 e. The lowest BCUT2D eigenvalue weighted by Gasteiger charge is -2.22. The van der Waals surface area contributed by atoms with Crippen molar-refractivity contribution in [2.45, 2.75) is 46.1 Å². The Morgan fingerprint density at radius 1 is 0.848 bits per heavy atom. The number of ketones is 1. The third-order valence-corrected chi connectivity index (χ3v) is 7.31. The largest absolute Gasteiger partial charge is 0.445 e. The maximum atomic E-state index is 13.3. The van der Waals surface area contributed by atoms with Crippen LogP contribution >= 0.6 is 0 Å². The Morgan fingerprint density at radius 3 is 2.30 bits per heavy atom. The first kappa shape index (κ1) is 33.6. The number of rotatable bonds is 14. The lowest BCUT2D eigenvalue weighted by Crippen LogP contribution is -2.35. The molecule has 0 atom stereocenters.